The molecule has 0 aliphatic rings. The van der Waals surface area contributed by atoms with Gasteiger partial charge in [0.2, 0.25) is 5.71 Å². The highest BCUT2D eigenvalue weighted by Crippen LogP contribution is 2.25. The molecule has 1 amide bonds. The number of rotatable bonds is 4. The van der Waals surface area contributed by atoms with Crippen molar-refractivity contribution < 1.29 is 13.9 Å². The highest BCUT2D eigenvalue weighted by Gasteiger charge is 2.14. The molecule has 4 rings (SSSR count). The van der Waals surface area contributed by atoms with Gasteiger partial charge in [-0.3, -0.25) is 4.79 Å². The van der Waals surface area contributed by atoms with Gasteiger partial charge < -0.3 is 14.5 Å². The standard InChI is InChI=1S/C21H18N2O3/c1-13-3-5-14(6-4-13)12-22-20(24)19-11-16-9-15-10-17(25-2)7-8-18(15)23-21(16)26-19/h3-11H,12H2,1-2H3,(H,22,24). The molecule has 0 saturated heterocycles. The number of nitrogens with zero attached hydrogens (tertiary/aromatic N) is 1. The van der Waals surface area contributed by atoms with Crippen molar-refractivity contribution in [1.29, 1.82) is 0 Å². The number of hydrogen-bond donors (Lipinski definition) is 1. The summed E-state index contributed by atoms with van der Waals surface area (Å²) in [5.74, 6) is 0.755. The highest BCUT2D eigenvalue weighted by atomic mass is 16.5. The topological polar surface area (TPSA) is 64.4 Å². The minimum atomic E-state index is -0.259. The summed E-state index contributed by atoms with van der Waals surface area (Å²) >= 11 is 0. The molecule has 2 heterocycles. The van der Waals surface area contributed by atoms with Gasteiger partial charge in [-0.2, -0.15) is 0 Å². The van der Waals surface area contributed by atoms with Gasteiger partial charge in [-0.15, -0.1) is 0 Å². The molecule has 5 nitrogen and oxygen atoms in total. The van der Waals surface area contributed by atoms with Gasteiger partial charge in [0.15, 0.2) is 5.76 Å². The summed E-state index contributed by atoms with van der Waals surface area (Å²) in [6, 6.07) is 17.3. The Kier molecular flexibility index (Phi) is 4.05. The number of furan rings is 1. The van der Waals surface area contributed by atoms with Crippen molar-refractivity contribution in [1.82, 2.24) is 10.3 Å². The number of pyridine rings is 1. The zero-order chi connectivity index (χ0) is 18.1. The molecule has 0 radical (unpaired) electrons. The van der Waals surface area contributed by atoms with Crippen LogP contribution >= 0.6 is 0 Å². The van der Waals surface area contributed by atoms with Crippen LogP contribution in [0.1, 0.15) is 21.7 Å². The largest absolute Gasteiger partial charge is 0.497 e. The maximum Gasteiger partial charge on any atom is 0.287 e. The molecule has 2 aromatic heterocycles. The van der Waals surface area contributed by atoms with Crippen molar-refractivity contribution in [2.45, 2.75) is 13.5 Å². The minimum absolute atomic E-state index is 0.252. The van der Waals surface area contributed by atoms with E-state index in [0.717, 1.165) is 27.6 Å². The molecule has 130 valence electrons. The minimum Gasteiger partial charge on any atom is -0.497 e. The first-order chi connectivity index (χ1) is 12.6. The summed E-state index contributed by atoms with van der Waals surface area (Å²) in [5, 5.41) is 4.59. The van der Waals surface area contributed by atoms with Crippen LogP contribution in [0, 0.1) is 6.92 Å². The summed E-state index contributed by atoms with van der Waals surface area (Å²) in [4.78, 5) is 16.9. The zero-order valence-corrected chi connectivity index (χ0v) is 14.6. The number of amides is 1. The van der Waals surface area contributed by atoms with E-state index in [-0.39, 0.29) is 11.7 Å². The van der Waals surface area contributed by atoms with Crippen LogP contribution < -0.4 is 10.1 Å². The predicted molar refractivity (Wildman–Crippen MR) is 100 cm³/mol. The fourth-order valence-corrected chi connectivity index (χ4v) is 2.83. The van der Waals surface area contributed by atoms with Crippen molar-refractivity contribution >= 4 is 27.9 Å². The number of carbonyl (C=O) groups excluding carboxylic acids is 1. The van der Waals surface area contributed by atoms with Crippen LogP contribution in [-0.4, -0.2) is 18.0 Å². The molecule has 2 aromatic carbocycles. The molecule has 0 fully saturated rings. The second kappa shape index (κ2) is 6.52. The molecule has 0 aliphatic heterocycles. The summed E-state index contributed by atoms with van der Waals surface area (Å²) in [7, 11) is 1.63. The number of fused-ring (bicyclic) bond motifs is 2. The lowest BCUT2D eigenvalue weighted by atomic mass is 10.1. The van der Waals surface area contributed by atoms with E-state index in [1.165, 1.54) is 5.56 Å². The van der Waals surface area contributed by atoms with Gasteiger partial charge in [-0.1, -0.05) is 29.8 Å². The second-order valence-corrected chi connectivity index (χ2v) is 6.22. The Morgan fingerprint density at radius 3 is 2.65 bits per heavy atom. The quantitative estimate of drug-likeness (QED) is 0.601. The van der Waals surface area contributed by atoms with E-state index in [9.17, 15) is 4.79 Å². The normalized spacial score (nSPS) is 11.0. The maximum atomic E-state index is 12.4. The fourth-order valence-electron chi connectivity index (χ4n) is 2.83. The molecular weight excluding hydrogens is 328 g/mol. The van der Waals surface area contributed by atoms with Gasteiger partial charge >= 0.3 is 0 Å². The third-order valence-electron chi connectivity index (χ3n) is 4.31. The van der Waals surface area contributed by atoms with Gasteiger partial charge in [0.05, 0.1) is 12.6 Å². The number of ether oxygens (including phenoxy) is 1. The molecule has 5 heteroatoms. The smallest absolute Gasteiger partial charge is 0.287 e. The summed E-state index contributed by atoms with van der Waals surface area (Å²) < 4.78 is 10.9. The summed E-state index contributed by atoms with van der Waals surface area (Å²) in [6.07, 6.45) is 0. The molecule has 0 atom stereocenters. The van der Waals surface area contributed by atoms with Crippen LogP contribution in [0.3, 0.4) is 0 Å². The lowest BCUT2D eigenvalue weighted by Gasteiger charge is -2.03. The lowest BCUT2D eigenvalue weighted by molar-refractivity contribution is 0.0925. The van der Waals surface area contributed by atoms with Crippen LogP contribution in [0.5, 0.6) is 5.75 Å². The number of aromatic nitrogens is 1. The number of nitrogens with one attached hydrogen (secondary N) is 1. The second-order valence-electron chi connectivity index (χ2n) is 6.22. The average Bonchev–Trinajstić information content (AvgIpc) is 3.08. The van der Waals surface area contributed by atoms with Crippen molar-refractivity contribution in [3.63, 3.8) is 0 Å². The molecule has 0 aliphatic carbocycles. The summed E-state index contributed by atoms with van der Waals surface area (Å²) in [6.45, 7) is 2.48. The molecule has 0 bridgehead atoms. The van der Waals surface area contributed by atoms with Crippen molar-refractivity contribution in [2.24, 2.45) is 0 Å². The Bertz CT molecular complexity index is 1100. The van der Waals surface area contributed by atoms with Crippen LogP contribution in [0.15, 0.2) is 59.0 Å². The molecule has 0 spiro atoms. The third kappa shape index (κ3) is 3.11. The Morgan fingerprint density at radius 1 is 1.08 bits per heavy atom. The van der Waals surface area contributed by atoms with E-state index in [2.05, 4.69) is 10.3 Å². The molecule has 0 saturated carbocycles. The van der Waals surface area contributed by atoms with E-state index < -0.39 is 0 Å². The first-order valence-corrected chi connectivity index (χ1v) is 8.34. The van der Waals surface area contributed by atoms with Crippen molar-refractivity contribution in [2.75, 3.05) is 7.11 Å². The van der Waals surface area contributed by atoms with E-state index >= 15 is 0 Å². The summed E-state index contributed by atoms with van der Waals surface area (Å²) in [5.41, 5.74) is 3.46. The van der Waals surface area contributed by atoms with Gasteiger partial charge in [-0.25, -0.2) is 4.98 Å². The molecule has 0 unspecified atom stereocenters. The maximum absolute atomic E-state index is 12.4. The number of carbonyl (C=O) groups is 1. The fraction of sp³-hybridized carbons (Fsp3) is 0.143. The number of benzene rings is 2. The van der Waals surface area contributed by atoms with Crippen LogP contribution in [0.4, 0.5) is 0 Å². The van der Waals surface area contributed by atoms with Gasteiger partial charge in [0, 0.05) is 17.3 Å². The monoisotopic (exact) mass is 346 g/mol. The zero-order valence-electron chi connectivity index (χ0n) is 14.6. The molecule has 4 aromatic rings. The third-order valence-corrected chi connectivity index (χ3v) is 4.31. The Labute approximate surface area is 150 Å². The Balaban J connectivity index is 1.58. The Morgan fingerprint density at radius 2 is 1.88 bits per heavy atom. The van der Waals surface area contributed by atoms with E-state index in [1.807, 2.05) is 55.5 Å². The first kappa shape index (κ1) is 16.1. The van der Waals surface area contributed by atoms with E-state index in [4.69, 9.17) is 9.15 Å². The SMILES string of the molecule is COc1ccc2nc3oc(C(=O)NCc4ccc(C)cc4)cc3cc2c1. The van der Waals surface area contributed by atoms with Crippen molar-refractivity contribution in [3.8, 4) is 5.75 Å². The van der Waals surface area contributed by atoms with E-state index in [0.29, 0.717) is 12.3 Å². The Hall–Kier alpha value is -3.34. The number of aryl methyl sites for hydroxylation is 1. The van der Waals surface area contributed by atoms with Crippen LogP contribution in [0.2, 0.25) is 0 Å². The average molecular weight is 346 g/mol. The first-order valence-electron chi connectivity index (χ1n) is 8.34. The van der Waals surface area contributed by atoms with Gasteiger partial charge in [0.25, 0.3) is 5.91 Å². The highest BCUT2D eigenvalue weighted by molar-refractivity contribution is 5.98. The van der Waals surface area contributed by atoms with Crippen molar-refractivity contribution in [3.05, 3.63) is 71.5 Å². The molecular formula is C21H18N2O3. The van der Waals surface area contributed by atoms with Crippen LogP contribution in [-0.2, 0) is 6.54 Å². The molecule has 26 heavy (non-hydrogen) atoms. The number of methoxy groups -OCH3 is 1. The predicted octanol–water partition coefficient (Wildman–Crippen LogP) is 4.23. The van der Waals surface area contributed by atoms with Gasteiger partial charge in [-0.05, 0) is 42.8 Å². The lowest BCUT2D eigenvalue weighted by Crippen LogP contribution is -2.22. The molecule has 1 N–H and O–H groups in total. The van der Waals surface area contributed by atoms with Crippen LogP contribution in [0.25, 0.3) is 22.0 Å². The number of hydrogen-bond acceptors (Lipinski definition) is 4. The van der Waals surface area contributed by atoms with Gasteiger partial charge in [0.1, 0.15) is 5.75 Å². The van der Waals surface area contributed by atoms with E-state index in [1.54, 1.807) is 13.2 Å².